The van der Waals surface area contributed by atoms with E-state index in [4.69, 9.17) is 14.6 Å². The number of hydrogen-bond donors (Lipinski definition) is 0. The van der Waals surface area contributed by atoms with Crippen molar-refractivity contribution in [1.29, 1.82) is 0 Å². The Hall–Kier alpha value is -3.54. The Morgan fingerprint density at radius 2 is 1.41 bits per heavy atom. The van der Waals surface area contributed by atoms with E-state index in [0.29, 0.717) is 19.6 Å². The number of benzene rings is 3. The number of quaternary nitrogens is 1. The predicted octanol–water partition coefficient (Wildman–Crippen LogP) is 6.62. The van der Waals surface area contributed by atoms with Crippen molar-refractivity contribution in [3.05, 3.63) is 102 Å². The standard InChI is InChI=1S/C29H31N2O3/c1-2-33-27(32)21-13-6-14-22-34-31(26-19-11-5-12-20-26)23-30-28(24-15-7-3-8-16-24)29(31)25-17-9-4-10-18-25/h3-5,7-12,15-20,23H,2,6,13-14,21-22H2,1H3/q+1. The second-order valence-electron chi connectivity index (χ2n) is 8.12. The number of aliphatic imine (C=N–C) groups is 1. The number of esters is 1. The summed E-state index contributed by atoms with van der Waals surface area (Å²) in [5.74, 6) is -0.135. The Balaban J connectivity index is 1.64. The van der Waals surface area contributed by atoms with Gasteiger partial charge in [0.25, 0.3) is 0 Å². The van der Waals surface area contributed by atoms with Crippen LogP contribution >= 0.6 is 0 Å². The van der Waals surface area contributed by atoms with Gasteiger partial charge < -0.3 is 4.74 Å². The zero-order valence-corrected chi connectivity index (χ0v) is 19.6. The van der Waals surface area contributed by atoms with E-state index in [-0.39, 0.29) is 10.6 Å². The van der Waals surface area contributed by atoms with Gasteiger partial charge in [-0.3, -0.25) is 4.79 Å². The van der Waals surface area contributed by atoms with Gasteiger partial charge in [0.05, 0.1) is 6.61 Å². The molecule has 34 heavy (non-hydrogen) atoms. The van der Waals surface area contributed by atoms with E-state index in [1.54, 1.807) is 0 Å². The monoisotopic (exact) mass is 455 g/mol. The number of para-hydroxylation sites is 1. The number of carbonyl (C=O) groups excluding carboxylic acids is 1. The molecule has 174 valence electrons. The molecule has 0 aromatic heterocycles. The van der Waals surface area contributed by atoms with Crippen molar-refractivity contribution in [3.63, 3.8) is 0 Å². The summed E-state index contributed by atoms with van der Waals surface area (Å²) in [6.45, 7) is 2.79. The lowest BCUT2D eigenvalue weighted by atomic mass is 10.0. The summed E-state index contributed by atoms with van der Waals surface area (Å²) < 4.78 is 5.11. The molecule has 0 amide bonds. The van der Waals surface area contributed by atoms with Crippen LogP contribution in [0.3, 0.4) is 0 Å². The minimum atomic E-state index is -0.135. The van der Waals surface area contributed by atoms with Crippen molar-refractivity contribution < 1.29 is 14.4 Å². The zero-order valence-electron chi connectivity index (χ0n) is 19.6. The number of hydrogen-bond acceptors (Lipinski definition) is 4. The van der Waals surface area contributed by atoms with Crippen LogP contribution in [0, 0.1) is 0 Å². The molecule has 0 radical (unpaired) electrons. The normalized spacial score (nSPS) is 17.2. The van der Waals surface area contributed by atoms with Crippen LogP contribution in [0.15, 0.2) is 96.0 Å². The first-order chi connectivity index (χ1) is 16.7. The average Bonchev–Trinajstić information content (AvgIpc) is 3.28. The second kappa shape index (κ2) is 11.5. The Labute approximate surface area is 201 Å². The fourth-order valence-electron chi connectivity index (χ4n) is 4.15. The molecule has 0 aliphatic carbocycles. The molecule has 5 nitrogen and oxygen atoms in total. The Morgan fingerprint density at radius 1 is 0.794 bits per heavy atom. The third kappa shape index (κ3) is 5.33. The van der Waals surface area contributed by atoms with Crippen molar-refractivity contribution in [2.75, 3.05) is 13.2 Å². The van der Waals surface area contributed by atoms with Crippen molar-refractivity contribution >= 4 is 29.4 Å². The predicted molar refractivity (Wildman–Crippen MR) is 137 cm³/mol. The molecule has 5 heteroatoms. The molecule has 1 atom stereocenters. The van der Waals surface area contributed by atoms with Gasteiger partial charge in [0.2, 0.25) is 12.0 Å². The van der Waals surface area contributed by atoms with E-state index in [2.05, 4.69) is 36.4 Å². The summed E-state index contributed by atoms with van der Waals surface area (Å²) in [5, 5.41) is 0. The number of nitrogens with zero attached hydrogens (tertiary/aromatic N) is 2. The Morgan fingerprint density at radius 3 is 2.06 bits per heavy atom. The fraction of sp³-hybridized carbons (Fsp3) is 0.241. The smallest absolute Gasteiger partial charge is 0.305 e. The van der Waals surface area contributed by atoms with E-state index < -0.39 is 0 Å². The summed E-state index contributed by atoms with van der Waals surface area (Å²) in [7, 11) is 0. The maximum absolute atomic E-state index is 11.6. The number of carbonyl (C=O) groups is 1. The van der Waals surface area contributed by atoms with Gasteiger partial charge in [0.15, 0.2) is 5.69 Å². The van der Waals surface area contributed by atoms with Crippen LogP contribution in [-0.2, 0) is 14.4 Å². The maximum Gasteiger partial charge on any atom is 0.305 e. The van der Waals surface area contributed by atoms with E-state index >= 15 is 0 Å². The quantitative estimate of drug-likeness (QED) is 0.185. The minimum absolute atomic E-state index is 0.0902. The van der Waals surface area contributed by atoms with Gasteiger partial charge >= 0.3 is 5.97 Å². The van der Waals surface area contributed by atoms with E-state index in [0.717, 1.165) is 47.5 Å². The summed E-state index contributed by atoms with van der Waals surface area (Å²) in [5.41, 5.74) is 4.99. The van der Waals surface area contributed by atoms with Gasteiger partial charge in [-0.1, -0.05) is 77.8 Å². The largest absolute Gasteiger partial charge is 0.466 e. The highest BCUT2D eigenvalue weighted by molar-refractivity contribution is 6.07. The highest BCUT2D eigenvalue weighted by atomic mass is 16.7. The molecule has 3 aromatic rings. The van der Waals surface area contributed by atoms with Crippen molar-refractivity contribution in [2.45, 2.75) is 32.6 Å². The first-order valence-electron chi connectivity index (χ1n) is 11.9. The van der Waals surface area contributed by atoms with Gasteiger partial charge in [0, 0.05) is 29.7 Å². The first-order valence-corrected chi connectivity index (χ1v) is 11.9. The highest BCUT2D eigenvalue weighted by Gasteiger charge is 2.45. The van der Waals surface area contributed by atoms with Crippen LogP contribution in [0.5, 0.6) is 0 Å². The Kier molecular flexibility index (Phi) is 8.02. The summed E-state index contributed by atoms with van der Waals surface area (Å²) in [4.78, 5) is 23.2. The summed E-state index contributed by atoms with van der Waals surface area (Å²) >= 11 is 0. The third-order valence-electron chi connectivity index (χ3n) is 5.77. The number of ether oxygens (including phenoxy) is 1. The van der Waals surface area contributed by atoms with Gasteiger partial charge in [-0.15, -0.1) is 0 Å². The second-order valence-corrected chi connectivity index (χ2v) is 8.12. The molecule has 1 aliphatic rings. The zero-order chi connectivity index (χ0) is 23.6. The molecule has 0 N–H and O–H groups in total. The van der Waals surface area contributed by atoms with Crippen LogP contribution in [0.4, 0.5) is 5.69 Å². The molecule has 0 saturated heterocycles. The number of rotatable bonds is 11. The molecule has 1 aliphatic heterocycles. The van der Waals surface area contributed by atoms with Crippen molar-refractivity contribution in [3.8, 4) is 0 Å². The molecule has 0 bridgehead atoms. The van der Waals surface area contributed by atoms with Crippen molar-refractivity contribution in [1.82, 2.24) is 4.65 Å². The SMILES string of the molecule is CCOC(=O)CCCCCO[N+]1(c2ccccc2)C=NC(c2ccccc2)=C1c1ccccc1. The van der Waals surface area contributed by atoms with Crippen LogP contribution < -0.4 is 4.65 Å². The number of hydroxylamine groups is 2. The molecular weight excluding hydrogens is 424 g/mol. The molecule has 3 aromatic carbocycles. The van der Waals surface area contributed by atoms with Crippen LogP contribution in [0.25, 0.3) is 11.4 Å². The lowest BCUT2D eigenvalue weighted by Gasteiger charge is -2.29. The summed E-state index contributed by atoms with van der Waals surface area (Å²) in [6.07, 6.45) is 4.85. The van der Waals surface area contributed by atoms with E-state index in [1.165, 1.54) is 0 Å². The molecule has 1 unspecified atom stereocenters. The topological polar surface area (TPSA) is 47.9 Å². The Bertz CT molecular complexity index is 1130. The fourth-order valence-corrected chi connectivity index (χ4v) is 4.15. The molecule has 0 saturated carbocycles. The van der Waals surface area contributed by atoms with Crippen LogP contribution in [0.1, 0.15) is 43.7 Å². The molecule has 0 fully saturated rings. The van der Waals surface area contributed by atoms with Crippen molar-refractivity contribution in [2.24, 2.45) is 4.99 Å². The highest BCUT2D eigenvalue weighted by Crippen LogP contribution is 2.43. The molecular formula is C29H31N2O3+. The maximum atomic E-state index is 11.6. The number of unbranched alkanes of at least 4 members (excludes halogenated alkanes) is 2. The summed E-state index contributed by atoms with van der Waals surface area (Å²) in [6, 6.07) is 30.7. The minimum Gasteiger partial charge on any atom is -0.466 e. The molecule has 0 spiro atoms. The first kappa shape index (κ1) is 23.6. The third-order valence-corrected chi connectivity index (χ3v) is 5.77. The average molecular weight is 456 g/mol. The van der Waals surface area contributed by atoms with E-state index in [1.807, 2.05) is 67.9 Å². The van der Waals surface area contributed by atoms with Gasteiger partial charge in [0.1, 0.15) is 12.3 Å². The lowest BCUT2D eigenvalue weighted by Crippen LogP contribution is -2.44. The van der Waals surface area contributed by atoms with Crippen LogP contribution in [0.2, 0.25) is 0 Å². The van der Waals surface area contributed by atoms with Gasteiger partial charge in [-0.25, -0.2) is 0 Å². The van der Waals surface area contributed by atoms with E-state index in [9.17, 15) is 4.79 Å². The van der Waals surface area contributed by atoms with Gasteiger partial charge in [-0.2, -0.15) is 9.83 Å². The van der Waals surface area contributed by atoms with Crippen LogP contribution in [-0.4, -0.2) is 25.5 Å². The lowest BCUT2D eigenvalue weighted by molar-refractivity contribution is -0.143. The van der Waals surface area contributed by atoms with Gasteiger partial charge in [-0.05, 0) is 31.9 Å². The molecule has 1 heterocycles. The molecule has 4 rings (SSSR count).